The molecular formula is C16H24O4S. The van der Waals surface area contributed by atoms with Gasteiger partial charge in [-0.2, -0.15) is 8.42 Å². The third-order valence-corrected chi connectivity index (χ3v) is 4.47. The van der Waals surface area contributed by atoms with Crippen molar-refractivity contribution in [1.82, 2.24) is 0 Å². The highest BCUT2D eigenvalue weighted by molar-refractivity contribution is 7.86. The van der Waals surface area contributed by atoms with Crippen molar-refractivity contribution in [1.29, 1.82) is 0 Å². The van der Waals surface area contributed by atoms with E-state index in [-0.39, 0.29) is 12.0 Å². The average molecular weight is 312 g/mol. The van der Waals surface area contributed by atoms with Crippen molar-refractivity contribution in [3.05, 3.63) is 29.8 Å². The summed E-state index contributed by atoms with van der Waals surface area (Å²) in [5.74, 6) is 0.980. The molecule has 0 radical (unpaired) electrons. The molecule has 0 unspecified atom stereocenters. The quantitative estimate of drug-likeness (QED) is 0.617. The maximum Gasteiger partial charge on any atom is 0.264 e. The predicted molar refractivity (Wildman–Crippen MR) is 83.2 cm³/mol. The summed E-state index contributed by atoms with van der Waals surface area (Å²) in [5.41, 5.74) is 1.13. The molecule has 0 bridgehead atoms. The van der Waals surface area contributed by atoms with Crippen LogP contribution < -0.4 is 4.74 Å². The van der Waals surface area contributed by atoms with E-state index >= 15 is 0 Å². The molecule has 0 heterocycles. The van der Waals surface area contributed by atoms with Crippen LogP contribution in [0.5, 0.6) is 5.75 Å². The summed E-state index contributed by atoms with van der Waals surface area (Å²) in [4.78, 5) is 0. The lowest BCUT2D eigenvalue weighted by atomic mass is 9.89. The number of ether oxygens (including phenoxy) is 1. The number of benzene rings is 1. The van der Waals surface area contributed by atoms with Gasteiger partial charge in [-0.15, -0.1) is 0 Å². The standard InChI is InChI=1S/C16H24O4S/c1-3-19-14-11-9-13(10-12-14)15-7-5-4-6-8-16(15)20-21(2,17)18/h9-12,15-16H,3-8H2,1-2H3/t15-,16+/m0/s1. The van der Waals surface area contributed by atoms with Crippen LogP contribution in [0.25, 0.3) is 0 Å². The Morgan fingerprint density at radius 2 is 1.76 bits per heavy atom. The van der Waals surface area contributed by atoms with Crippen LogP contribution in [0.1, 0.15) is 50.5 Å². The first-order chi connectivity index (χ1) is 9.99. The molecule has 0 spiro atoms. The zero-order chi connectivity index (χ0) is 15.3. The van der Waals surface area contributed by atoms with Crippen LogP contribution in [-0.4, -0.2) is 27.4 Å². The fraction of sp³-hybridized carbons (Fsp3) is 0.625. The van der Waals surface area contributed by atoms with Gasteiger partial charge in [-0.05, 0) is 37.5 Å². The molecule has 5 heteroatoms. The second kappa shape index (κ2) is 7.27. The maximum atomic E-state index is 11.5. The largest absolute Gasteiger partial charge is 0.494 e. The van der Waals surface area contributed by atoms with E-state index in [1.807, 2.05) is 31.2 Å². The van der Waals surface area contributed by atoms with E-state index in [1.54, 1.807) is 0 Å². The van der Waals surface area contributed by atoms with E-state index in [9.17, 15) is 8.42 Å². The van der Waals surface area contributed by atoms with E-state index in [2.05, 4.69) is 0 Å². The molecule has 0 saturated heterocycles. The maximum absolute atomic E-state index is 11.5. The van der Waals surface area contributed by atoms with Crippen LogP contribution in [-0.2, 0) is 14.3 Å². The third-order valence-electron chi connectivity index (χ3n) is 3.87. The highest BCUT2D eigenvalue weighted by Gasteiger charge is 2.28. The zero-order valence-electron chi connectivity index (χ0n) is 12.7. The Balaban J connectivity index is 2.19. The van der Waals surface area contributed by atoms with Crippen LogP contribution in [0.15, 0.2) is 24.3 Å². The van der Waals surface area contributed by atoms with Gasteiger partial charge in [0.1, 0.15) is 5.75 Å². The van der Waals surface area contributed by atoms with E-state index in [1.165, 1.54) is 0 Å². The Morgan fingerprint density at radius 3 is 2.38 bits per heavy atom. The fourth-order valence-corrected chi connectivity index (χ4v) is 3.65. The highest BCUT2D eigenvalue weighted by Crippen LogP contribution is 2.35. The van der Waals surface area contributed by atoms with E-state index < -0.39 is 10.1 Å². The second-order valence-corrected chi connectivity index (χ2v) is 7.19. The predicted octanol–water partition coefficient (Wildman–Crippen LogP) is 3.48. The van der Waals surface area contributed by atoms with Crippen LogP contribution in [0.3, 0.4) is 0 Å². The molecule has 21 heavy (non-hydrogen) atoms. The molecule has 118 valence electrons. The van der Waals surface area contributed by atoms with E-state index in [4.69, 9.17) is 8.92 Å². The zero-order valence-corrected chi connectivity index (χ0v) is 13.6. The summed E-state index contributed by atoms with van der Waals surface area (Å²) in [5, 5.41) is 0. The van der Waals surface area contributed by atoms with E-state index in [0.717, 1.165) is 49.7 Å². The van der Waals surface area contributed by atoms with Gasteiger partial charge >= 0.3 is 0 Å². The lowest BCUT2D eigenvalue weighted by Gasteiger charge is -2.24. The molecule has 1 aromatic carbocycles. The van der Waals surface area contributed by atoms with Crippen molar-refractivity contribution in [3.63, 3.8) is 0 Å². The SMILES string of the molecule is CCOc1ccc([C@@H]2CCCCC[C@H]2OS(C)(=O)=O)cc1. The minimum atomic E-state index is -3.42. The molecule has 0 N–H and O–H groups in total. The number of rotatable bonds is 5. The molecular weight excluding hydrogens is 288 g/mol. The molecule has 0 aliphatic heterocycles. The average Bonchev–Trinajstić information content (AvgIpc) is 2.64. The molecule has 1 fully saturated rings. The van der Waals surface area contributed by atoms with Gasteiger partial charge in [0, 0.05) is 5.92 Å². The normalized spacial score (nSPS) is 23.5. The molecule has 0 aromatic heterocycles. The molecule has 1 aromatic rings. The van der Waals surface area contributed by atoms with Crippen molar-refractivity contribution >= 4 is 10.1 Å². The Bertz CT molecular complexity index is 536. The summed E-state index contributed by atoms with van der Waals surface area (Å²) in [6.45, 7) is 2.60. The number of hydrogen-bond acceptors (Lipinski definition) is 4. The summed E-state index contributed by atoms with van der Waals surface area (Å²) < 4.78 is 33.8. The first-order valence-corrected chi connectivity index (χ1v) is 9.42. The van der Waals surface area contributed by atoms with Gasteiger partial charge in [0.15, 0.2) is 0 Å². The third kappa shape index (κ3) is 5.00. The van der Waals surface area contributed by atoms with Crippen molar-refractivity contribution in [3.8, 4) is 5.75 Å². The molecule has 2 rings (SSSR count). The first kappa shape index (κ1) is 16.3. The summed E-state index contributed by atoms with van der Waals surface area (Å²) in [6, 6.07) is 7.95. The van der Waals surface area contributed by atoms with Crippen molar-refractivity contribution in [2.75, 3.05) is 12.9 Å². The molecule has 2 atom stereocenters. The van der Waals surface area contributed by atoms with Gasteiger partial charge in [-0.25, -0.2) is 0 Å². The van der Waals surface area contributed by atoms with Gasteiger partial charge in [0.05, 0.1) is 19.0 Å². The van der Waals surface area contributed by atoms with Crippen LogP contribution in [0.4, 0.5) is 0 Å². The summed E-state index contributed by atoms with van der Waals surface area (Å²) in [7, 11) is -3.42. The molecule has 1 saturated carbocycles. The Hall–Kier alpha value is -1.07. The Labute approximate surface area is 127 Å². The smallest absolute Gasteiger partial charge is 0.264 e. The minimum absolute atomic E-state index is 0.137. The lowest BCUT2D eigenvalue weighted by Crippen LogP contribution is -2.24. The minimum Gasteiger partial charge on any atom is -0.494 e. The summed E-state index contributed by atoms with van der Waals surface area (Å²) >= 11 is 0. The van der Waals surface area contributed by atoms with Gasteiger partial charge < -0.3 is 4.74 Å². The van der Waals surface area contributed by atoms with Crippen molar-refractivity contribution in [2.24, 2.45) is 0 Å². The second-order valence-electron chi connectivity index (χ2n) is 5.59. The molecule has 4 nitrogen and oxygen atoms in total. The van der Waals surface area contributed by atoms with Gasteiger partial charge in [0.2, 0.25) is 0 Å². The topological polar surface area (TPSA) is 52.6 Å². The Kier molecular flexibility index (Phi) is 5.65. The van der Waals surface area contributed by atoms with Crippen molar-refractivity contribution < 1.29 is 17.3 Å². The van der Waals surface area contributed by atoms with E-state index in [0.29, 0.717) is 6.61 Å². The highest BCUT2D eigenvalue weighted by atomic mass is 32.2. The molecule has 0 amide bonds. The van der Waals surface area contributed by atoms with Crippen LogP contribution >= 0.6 is 0 Å². The Morgan fingerprint density at radius 1 is 1.10 bits per heavy atom. The monoisotopic (exact) mass is 312 g/mol. The molecule has 1 aliphatic carbocycles. The van der Waals surface area contributed by atoms with Gasteiger partial charge in [-0.1, -0.05) is 31.4 Å². The van der Waals surface area contributed by atoms with Crippen LogP contribution in [0, 0.1) is 0 Å². The van der Waals surface area contributed by atoms with Gasteiger partial charge in [-0.3, -0.25) is 4.18 Å². The van der Waals surface area contributed by atoms with Gasteiger partial charge in [0.25, 0.3) is 10.1 Å². The fourth-order valence-electron chi connectivity index (χ4n) is 2.97. The summed E-state index contributed by atoms with van der Waals surface area (Å²) in [6.07, 6.45) is 5.92. The van der Waals surface area contributed by atoms with Crippen molar-refractivity contribution in [2.45, 2.75) is 51.0 Å². The first-order valence-electron chi connectivity index (χ1n) is 7.60. The van der Waals surface area contributed by atoms with Crippen LogP contribution in [0.2, 0.25) is 0 Å². The number of hydrogen-bond donors (Lipinski definition) is 0. The lowest BCUT2D eigenvalue weighted by molar-refractivity contribution is 0.170. The molecule has 1 aliphatic rings.